The number of amides is 2. The summed E-state index contributed by atoms with van der Waals surface area (Å²) in [6.45, 7) is 6.70. The van der Waals surface area contributed by atoms with Gasteiger partial charge in [-0.05, 0) is 61.6 Å². The van der Waals surface area contributed by atoms with Crippen molar-refractivity contribution in [2.24, 2.45) is 11.7 Å². The number of primary amides is 1. The summed E-state index contributed by atoms with van der Waals surface area (Å²) < 4.78 is 80.3. The molecule has 5 nitrogen and oxygen atoms in total. The number of hydrogen-bond acceptors (Lipinski definition) is 3. The molecule has 1 aromatic heterocycles. The Bertz CT molecular complexity index is 1290. The fourth-order valence-electron chi connectivity index (χ4n) is 5.16. The van der Waals surface area contributed by atoms with E-state index in [1.165, 1.54) is 0 Å². The van der Waals surface area contributed by atoms with Crippen molar-refractivity contribution in [3.05, 3.63) is 70.8 Å². The van der Waals surface area contributed by atoms with Crippen molar-refractivity contribution >= 4 is 22.8 Å². The summed E-state index contributed by atoms with van der Waals surface area (Å²) in [6.07, 6.45) is -5.47. The highest BCUT2D eigenvalue weighted by atomic mass is 19.4. The van der Waals surface area contributed by atoms with Gasteiger partial charge in [0.15, 0.2) is 0 Å². The van der Waals surface area contributed by atoms with Gasteiger partial charge in [-0.2, -0.15) is 26.3 Å². The molecule has 11 heteroatoms. The minimum absolute atomic E-state index is 0.0611. The van der Waals surface area contributed by atoms with Crippen molar-refractivity contribution in [1.82, 2.24) is 9.88 Å². The van der Waals surface area contributed by atoms with E-state index in [0.29, 0.717) is 36.0 Å². The summed E-state index contributed by atoms with van der Waals surface area (Å²) >= 11 is 0. The van der Waals surface area contributed by atoms with Crippen LogP contribution in [0.5, 0.6) is 0 Å². The zero-order valence-corrected chi connectivity index (χ0v) is 23.4. The number of aromatic nitrogens is 1. The van der Waals surface area contributed by atoms with Gasteiger partial charge in [0.05, 0.1) is 23.2 Å². The third-order valence-electron chi connectivity index (χ3n) is 7.11. The molecule has 2 N–H and O–H groups in total. The lowest BCUT2D eigenvalue weighted by Crippen LogP contribution is -2.36. The molecule has 4 rings (SSSR count). The molecular weight excluding hydrogens is 546 g/mol. The summed E-state index contributed by atoms with van der Waals surface area (Å²) in [4.78, 5) is 20.4. The smallest absolute Gasteiger partial charge is 0.356 e. The molecule has 0 radical (unpaired) electrons. The lowest BCUT2D eigenvalue weighted by molar-refractivity contribution is -0.143. The molecule has 1 saturated carbocycles. The maximum Gasteiger partial charge on any atom is 0.416 e. The second-order valence-electron chi connectivity index (χ2n) is 9.96. The van der Waals surface area contributed by atoms with Gasteiger partial charge in [-0.1, -0.05) is 44.9 Å². The van der Waals surface area contributed by atoms with E-state index in [0.717, 1.165) is 48.0 Å². The Morgan fingerprint density at radius 1 is 0.927 bits per heavy atom. The number of nitrogens with two attached hydrogens (primary N) is 1. The van der Waals surface area contributed by atoms with Crippen molar-refractivity contribution < 1.29 is 31.1 Å². The number of nitrogens with zero attached hydrogens (tertiary/aromatic N) is 3. The van der Waals surface area contributed by atoms with Crippen LogP contribution in [0.2, 0.25) is 0 Å². The van der Waals surface area contributed by atoms with Gasteiger partial charge in [-0.15, -0.1) is 0 Å². The van der Waals surface area contributed by atoms with E-state index >= 15 is 0 Å². The fraction of sp³-hybridized carbons (Fsp3) is 0.467. The van der Waals surface area contributed by atoms with Crippen LogP contribution in [0.4, 0.5) is 37.0 Å². The van der Waals surface area contributed by atoms with Crippen LogP contribution in [0.3, 0.4) is 0 Å². The number of carbonyl (C=O) groups is 1. The lowest BCUT2D eigenvalue weighted by Gasteiger charge is -2.30. The normalized spacial score (nSPS) is 14.1. The molecule has 2 amide bonds. The number of carbonyl (C=O) groups excluding carboxylic acids is 1. The average molecular weight is 583 g/mol. The van der Waals surface area contributed by atoms with Crippen LogP contribution in [0, 0.1) is 5.92 Å². The van der Waals surface area contributed by atoms with Crippen LogP contribution >= 0.6 is 0 Å². The third-order valence-corrected chi connectivity index (χ3v) is 7.11. The Balaban J connectivity index is 0.00000226. The molecular formula is C30H36F6N4O. The number of para-hydroxylation sites is 1. The zero-order valence-electron chi connectivity index (χ0n) is 23.4. The van der Waals surface area contributed by atoms with Crippen molar-refractivity contribution in [3.63, 3.8) is 0 Å². The summed E-state index contributed by atoms with van der Waals surface area (Å²) in [7, 11) is 0. The van der Waals surface area contributed by atoms with E-state index in [1.54, 1.807) is 0 Å². The molecule has 0 saturated heterocycles. The molecule has 41 heavy (non-hydrogen) atoms. The second kappa shape index (κ2) is 13.4. The molecule has 1 aliphatic rings. The predicted molar refractivity (Wildman–Crippen MR) is 148 cm³/mol. The molecule has 2 aromatic carbocycles. The molecule has 1 aliphatic carbocycles. The summed E-state index contributed by atoms with van der Waals surface area (Å²) in [5.41, 5.74) is 3.71. The van der Waals surface area contributed by atoms with Crippen LogP contribution in [-0.2, 0) is 25.4 Å². The van der Waals surface area contributed by atoms with E-state index in [4.69, 9.17) is 10.7 Å². The molecule has 0 aliphatic heterocycles. The third kappa shape index (κ3) is 8.27. The first kappa shape index (κ1) is 32.0. The number of pyridine rings is 1. The van der Waals surface area contributed by atoms with Gasteiger partial charge >= 0.3 is 18.4 Å². The average Bonchev–Trinajstić information content (AvgIpc) is 3.44. The first-order chi connectivity index (χ1) is 19.3. The molecule has 0 spiro atoms. The van der Waals surface area contributed by atoms with Crippen LogP contribution in [0.15, 0.2) is 48.5 Å². The Kier molecular flexibility index (Phi) is 10.5. The Hall–Kier alpha value is -3.50. The molecule has 0 bridgehead atoms. The molecule has 3 aromatic rings. The number of benzene rings is 2. The van der Waals surface area contributed by atoms with Gasteiger partial charge in [-0.25, -0.2) is 9.78 Å². The maximum atomic E-state index is 13.4. The van der Waals surface area contributed by atoms with Gasteiger partial charge in [0, 0.05) is 30.6 Å². The van der Waals surface area contributed by atoms with Gasteiger partial charge < -0.3 is 15.5 Å². The number of anilines is 1. The number of urea groups is 1. The standard InChI is InChI=1S/C28H30F6N4O.C2H6/c1-2-37(15-18-7-3-4-8-18)25-21(13-20-9-5-6-10-24(20)36-25)17-38(26(35)39)16-19-11-22(27(29,30)31)14-23(12-19)28(32,33)34;1-2/h5-6,9-14,18H,2-4,7-8,15-17H2,1H3,(H2,35,39);1-2H3. The van der Waals surface area contributed by atoms with Gasteiger partial charge in [0.25, 0.3) is 0 Å². The van der Waals surface area contributed by atoms with Crippen molar-refractivity contribution in [2.75, 3.05) is 18.0 Å². The Morgan fingerprint density at radius 3 is 2.05 bits per heavy atom. The SMILES string of the molecule is CC.CCN(CC1CCCC1)c1nc2ccccc2cc1CN(Cc1cc(C(F)(F)F)cc(C(F)(F)F)c1)C(N)=O. The Morgan fingerprint density at radius 2 is 1.51 bits per heavy atom. The molecule has 1 heterocycles. The first-order valence-corrected chi connectivity index (χ1v) is 13.8. The van der Waals surface area contributed by atoms with Crippen molar-refractivity contribution in [1.29, 1.82) is 0 Å². The van der Waals surface area contributed by atoms with E-state index in [9.17, 15) is 31.1 Å². The highest BCUT2D eigenvalue weighted by Gasteiger charge is 2.37. The topological polar surface area (TPSA) is 62.5 Å². The number of alkyl halides is 6. The summed E-state index contributed by atoms with van der Waals surface area (Å²) in [5, 5.41) is 0.788. The van der Waals surface area contributed by atoms with Crippen LogP contribution in [0.1, 0.15) is 68.7 Å². The van der Waals surface area contributed by atoms with E-state index in [1.807, 2.05) is 51.1 Å². The lowest BCUT2D eigenvalue weighted by atomic mass is 10.0. The highest BCUT2D eigenvalue weighted by molar-refractivity contribution is 5.82. The monoisotopic (exact) mass is 582 g/mol. The molecule has 0 unspecified atom stereocenters. The van der Waals surface area contributed by atoms with Crippen LogP contribution in [0.25, 0.3) is 10.9 Å². The van der Waals surface area contributed by atoms with Crippen molar-refractivity contribution in [3.8, 4) is 0 Å². The van der Waals surface area contributed by atoms with E-state index in [-0.39, 0.29) is 18.2 Å². The van der Waals surface area contributed by atoms with Gasteiger partial charge in [-0.3, -0.25) is 0 Å². The maximum absolute atomic E-state index is 13.4. The largest absolute Gasteiger partial charge is 0.416 e. The number of fused-ring (bicyclic) bond motifs is 1. The minimum atomic E-state index is -5.00. The number of hydrogen-bond donors (Lipinski definition) is 1. The predicted octanol–water partition coefficient (Wildman–Crippen LogP) is 8.40. The first-order valence-electron chi connectivity index (χ1n) is 13.8. The van der Waals surface area contributed by atoms with Gasteiger partial charge in [0.1, 0.15) is 5.82 Å². The van der Waals surface area contributed by atoms with Crippen molar-refractivity contribution in [2.45, 2.75) is 71.9 Å². The molecule has 0 atom stereocenters. The van der Waals surface area contributed by atoms with E-state index in [2.05, 4.69) is 4.90 Å². The second-order valence-corrected chi connectivity index (χ2v) is 9.96. The Labute approximate surface area is 236 Å². The van der Waals surface area contributed by atoms with Crippen LogP contribution in [-0.4, -0.2) is 29.0 Å². The number of rotatable bonds is 8. The summed E-state index contributed by atoms with van der Waals surface area (Å²) in [5.74, 6) is 1.11. The van der Waals surface area contributed by atoms with Crippen LogP contribution < -0.4 is 10.6 Å². The fourth-order valence-corrected chi connectivity index (χ4v) is 5.16. The quantitative estimate of drug-likeness (QED) is 0.271. The van der Waals surface area contributed by atoms with E-state index < -0.39 is 36.1 Å². The molecule has 224 valence electrons. The highest BCUT2D eigenvalue weighted by Crippen LogP contribution is 2.37. The number of halogens is 6. The molecule has 1 fully saturated rings. The van der Waals surface area contributed by atoms with Gasteiger partial charge in [0.2, 0.25) is 0 Å². The summed E-state index contributed by atoms with van der Waals surface area (Å²) in [6, 6.07) is 9.55. The zero-order chi connectivity index (χ0) is 30.4. The minimum Gasteiger partial charge on any atom is -0.356 e.